The standard InChI is InChI=1S/C21H23N5S.C4H4O4/c1-15(25(2)3)20(26-13-12-22-14-26)16-8-10-17(11-9-16)23-21-24-18-6-4-5-7-19(18)27-21;5-3(6)1-2-4(7)8/h4-15,20H,1-3H3,(H,23,24);1-2H,(H,5,6)(H,7,8)/b;2-1+/t15-,20+;/m1./s1. The van der Waals surface area contributed by atoms with Crippen LogP contribution in [0.25, 0.3) is 10.2 Å². The average molecular weight is 494 g/mol. The number of aliphatic carboxylic acids is 2. The molecule has 0 fully saturated rings. The molecule has 0 aliphatic rings. The SMILES string of the molecule is C[C@H]([C@@H](c1ccc(Nc2nc3ccccc3s2)cc1)n1ccnc1)N(C)C.O=C(O)/C=C/C(=O)O. The molecule has 0 amide bonds. The van der Waals surface area contributed by atoms with Crippen LogP contribution in [0.5, 0.6) is 0 Å². The van der Waals surface area contributed by atoms with Crippen LogP contribution in [0.15, 0.2) is 79.4 Å². The fourth-order valence-corrected chi connectivity index (χ4v) is 4.26. The molecule has 0 bridgehead atoms. The Morgan fingerprint density at radius 1 is 1.06 bits per heavy atom. The number of carboxylic acid groups (broad SMARTS) is 2. The van der Waals surface area contributed by atoms with Gasteiger partial charge in [0.2, 0.25) is 0 Å². The Morgan fingerprint density at radius 2 is 1.71 bits per heavy atom. The molecule has 0 radical (unpaired) electrons. The Bertz CT molecular complexity index is 1230. The number of nitrogens with one attached hydrogen (secondary N) is 1. The molecule has 2 aromatic carbocycles. The van der Waals surface area contributed by atoms with E-state index in [4.69, 9.17) is 10.2 Å². The molecule has 0 saturated heterocycles. The van der Waals surface area contributed by atoms with E-state index in [2.05, 4.69) is 76.1 Å². The molecule has 0 spiro atoms. The van der Waals surface area contributed by atoms with E-state index in [9.17, 15) is 9.59 Å². The first-order chi connectivity index (χ1) is 16.7. The summed E-state index contributed by atoms with van der Waals surface area (Å²) in [5.41, 5.74) is 3.32. The van der Waals surface area contributed by atoms with E-state index in [0.29, 0.717) is 18.2 Å². The fraction of sp³-hybridized carbons (Fsp3) is 0.200. The molecular weight excluding hydrogens is 466 g/mol. The molecule has 0 unspecified atom stereocenters. The normalized spacial score (nSPS) is 12.8. The van der Waals surface area contributed by atoms with Gasteiger partial charge < -0.3 is 25.0 Å². The minimum Gasteiger partial charge on any atom is -0.478 e. The van der Waals surface area contributed by atoms with Gasteiger partial charge >= 0.3 is 11.9 Å². The predicted octanol–water partition coefficient (Wildman–Crippen LogP) is 4.49. The molecule has 4 rings (SSSR count). The van der Waals surface area contributed by atoms with Crippen molar-refractivity contribution in [3.8, 4) is 0 Å². The third kappa shape index (κ3) is 7.23. The number of nitrogens with zero attached hydrogens (tertiary/aromatic N) is 4. The minimum absolute atomic E-state index is 0.207. The summed E-state index contributed by atoms with van der Waals surface area (Å²) < 4.78 is 3.36. The number of carbonyl (C=O) groups is 2. The van der Waals surface area contributed by atoms with Crippen LogP contribution in [0.4, 0.5) is 10.8 Å². The van der Waals surface area contributed by atoms with Crippen molar-refractivity contribution in [2.75, 3.05) is 19.4 Å². The number of imidazole rings is 1. The lowest BCUT2D eigenvalue weighted by Crippen LogP contribution is -2.34. The molecule has 35 heavy (non-hydrogen) atoms. The number of aromatic nitrogens is 3. The largest absolute Gasteiger partial charge is 0.478 e. The summed E-state index contributed by atoms with van der Waals surface area (Å²) in [6.45, 7) is 2.23. The van der Waals surface area contributed by atoms with Gasteiger partial charge in [-0.3, -0.25) is 0 Å². The lowest BCUT2D eigenvalue weighted by Gasteiger charge is -2.30. The van der Waals surface area contributed by atoms with Gasteiger partial charge in [0.1, 0.15) is 0 Å². The summed E-state index contributed by atoms with van der Waals surface area (Å²) in [7, 11) is 4.22. The first-order valence-electron chi connectivity index (χ1n) is 10.7. The van der Waals surface area contributed by atoms with Gasteiger partial charge in [-0.05, 0) is 50.8 Å². The minimum atomic E-state index is -1.26. The summed E-state index contributed by atoms with van der Waals surface area (Å²) in [5, 5.41) is 20.0. The molecule has 10 heteroatoms. The topological polar surface area (TPSA) is 121 Å². The van der Waals surface area contributed by atoms with Gasteiger partial charge in [-0.1, -0.05) is 35.6 Å². The van der Waals surface area contributed by atoms with Gasteiger partial charge in [0.25, 0.3) is 0 Å². The Hall–Kier alpha value is -4.02. The smallest absolute Gasteiger partial charge is 0.328 e. The lowest BCUT2D eigenvalue weighted by atomic mass is 9.99. The molecule has 0 aliphatic heterocycles. The van der Waals surface area contributed by atoms with Gasteiger partial charge in [0.15, 0.2) is 5.13 Å². The first kappa shape index (κ1) is 25.6. The number of likely N-dealkylation sites (N-methyl/N-ethyl adjacent to an activating group) is 1. The lowest BCUT2D eigenvalue weighted by molar-refractivity contribution is -0.134. The summed E-state index contributed by atoms with van der Waals surface area (Å²) in [6.07, 6.45) is 6.86. The average Bonchev–Trinajstić information content (AvgIpc) is 3.49. The summed E-state index contributed by atoms with van der Waals surface area (Å²) in [5.74, 6) is -2.51. The van der Waals surface area contributed by atoms with Crippen molar-refractivity contribution < 1.29 is 19.8 Å². The number of fused-ring (bicyclic) bond motifs is 1. The highest BCUT2D eigenvalue weighted by molar-refractivity contribution is 7.22. The van der Waals surface area contributed by atoms with E-state index in [1.54, 1.807) is 11.3 Å². The van der Waals surface area contributed by atoms with Crippen molar-refractivity contribution >= 4 is 44.3 Å². The van der Waals surface area contributed by atoms with Crippen molar-refractivity contribution in [2.45, 2.75) is 19.0 Å². The molecule has 182 valence electrons. The predicted molar refractivity (Wildman–Crippen MR) is 137 cm³/mol. The van der Waals surface area contributed by atoms with Crippen molar-refractivity contribution in [2.24, 2.45) is 0 Å². The van der Waals surface area contributed by atoms with Crippen LogP contribution in [0, 0.1) is 0 Å². The third-order valence-electron chi connectivity index (χ3n) is 5.28. The Morgan fingerprint density at radius 3 is 2.26 bits per heavy atom. The number of rotatable bonds is 8. The second-order valence-corrected chi connectivity index (χ2v) is 8.93. The van der Waals surface area contributed by atoms with Crippen molar-refractivity contribution in [1.82, 2.24) is 19.4 Å². The first-order valence-corrected chi connectivity index (χ1v) is 11.6. The molecule has 2 atom stereocenters. The van der Waals surface area contributed by atoms with E-state index < -0.39 is 11.9 Å². The van der Waals surface area contributed by atoms with Crippen molar-refractivity contribution in [1.29, 1.82) is 0 Å². The molecule has 0 aliphatic carbocycles. The van der Waals surface area contributed by atoms with E-state index >= 15 is 0 Å². The molecule has 0 saturated carbocycles. The number of anilines is 2. The van der Waals surface area contributed by atoms with Crippen LogP contribution in [0.1, 0.15) is 18.5 Å². The number of carboxylic acids is 2. The number of hydrogen-bond donors (Lipinski definition) is 3. The highest BCUT2D eigenvalue weighted by atomic mass is 32.1. The Kier molecular flexibility index (Phi) is 8.71. The molecular formula is C25H27N5O4S. The van der Waals surface area contributed by atoms with Gasteiger partial charge in [-0.2, -0.15) is 0 Å². The maximum absolute atomic E-state index is 9.55. The fourth-order valence-electron chi connectivity index (χ4n) is 3.37. The second-order valence-electron chi connectivity index (χ2n) is 7.90. The zero-order chi connectivity index (χ0) is 25.4. The summed E-state index contributed by atoms with van der Waals surface area (Å²) in [6, 6.07) is 17.3. The highest BCUT2D eigenvalue weighted by Gasteiger charge is 2.22. The second kappa shape index (κ2) is 11.9. The maximum Gasteiger partial charge on any atom is 0.328 e. The zero-order valence-corrected chi connectivity index (χ0v) is 20.4. The van der Waals surface area contributed by atoms with Crippen molar-refractivity contribution in [3.05, 3.63) is 85.0 Å². The molecule has 2 aromatic heterocycles. The number of para-hydroxylation sites is 1. The van der Waals surface area contributed by atoms with Crippen LogP contribution in [-0.2, 0) is 9.59 Å². The van der Waals surface area contributed by atoms with Crippen LogP contribution in [0.2, 0.25) is 0 Å². The van der Waals surface area contributed by atoms with Crippen LogP contribution < -0.4 is 5.32 Å². The van der Waals surface area contributed by atoms with E-state index in [0.717, 1.165) is 16.3 Å². The van der Waals surface area contributed by atoms with Crippen LogP contribution >= 0.6 is 11.3 Å². The number of benzene rings is 2. The van der Waals surface area contributed by atoms with Crippen LogP contribution in [0.3, 0.4) is 0 Å². The van der Waals surface area contributed by atoms with E-state index in [1.807, 2.05) is 36.9 Å². The number of thiazole rings is 1. The molecule has 9 nitrogen and oxygen atoms in total. The van der Waals surface area contributed by atoms with Crippen LogP contribution in [-0.4, -0.2) is 61.7 Å². The highest BCUT2D eigenvalue weighted by Crippen LogP contribution is 2.30. The maximum atomic E-state index is 9.55. The Labute approximate surface area is 207 Å². The monoisotopic (exact) mass is 493 g/mol. The molecule has 4 aromatic rings. The number of hydrogen-bond acceptors (Lipinski definition) is 7. The third-order valence-corrected chi connectivity index (χ3v) is 6.24. The summed E-state index contributed by atoms with van der Waals surface area (Å²) >= 11 is 1.67. The van der Waals surface area contributed by atoms with Gasteiger partial charge in [0, 0.05) is 36.3 Å². The molecule has 2 heterocycles. The van der Waals surface area contributed by atoms with E-state index in [-0.39, 0.29) is 6.04 Å². The Balaban J connectivity index is 0.000000371. The van der Waals surface area contributed by atoms with Crippen molar-refractivity contribution in [3.63, 3.8) is 0 Å². The quantitative estimate of drug-likeness (QED) is 0.307. The summed E-state index contributed by atoms with van der Waals surface area (Å²) in [4.78, 5) is 30.2. The van der Waals surface area contributed by atoms with E-state index in [1.165, 1.54) is 10.3 Å². The van der Waals surface area contributed by atoms with Gasteiger partial charge in [0.05, 0.1) is 22.6 Å². The molecule has 3 N–H and O–H groups in total. The zero-order valence-electron chi connectivity index (χ0n) is 19.6. The van der Waals surface area contributed by atoms with Gasteiger partial charge in [-0.25, -0.2) is 19.6 Å². The van der Waals surface area contributed by atoms with Gasteiger partial charge in [-0.15, -0.1) is 0 Å².